The first-order chi connectivity index (χ1) is 10.1. The molecule has 0 aliphatic carbocycles. The summed E-state index contributed by atoms with van der Waals surface area (Å²) in [4.78, 5) is 23.4. The van der Waals surface area contributed by atoms with Crippen LogP contribution in [0.1, 0.15) is 13.8 Å². The van der Waals surface area contributed by atoms with E-state index < -0.39 is 20.2 Å². The molecule has 6 heteroatoms. The molecule has 2 aromatic carbocycles. The summed E-state index contributed by atoms with van der Waals surface area (Å²) < 4.78 is 14.0. The summed E-state index contributed by atoms with van der Waals surface area (Å²) in [5.74, 6) is -0.0311. The number of hydrogen-bond donors (Lipinski definition) is 0. The summed E-state index contributed by atoms with van der Waals surface area (Å²) >= 11 is 0. The molecule has 0 saturated carbocycles. The van der Waals surface area contributed by atoms with Crippen LogP contribution in [0.3, 0.4) is 0 Å². The Bertz CT molecular complexity index is 666. The van der Waals surface area contributed by atoms with Gasteiger partial charge in [-0.2, -0.15) is 0 Å². The fourth-order valence-corrected chi connectivity index (χ4v) is 2.59. The Kier molecular flexibility index (Phi) is 5.26. The second-order valence-corrected chi connectivity index (χ2v) is 5.24. The van der Waals surface area contributed by atoms with Crippen molar-refractivity contribution in [2.24, 2.45) is 4.74 Å². The zero-order valence-electron chi connectivity index (χ0n) is 11.9. The highest BCUT2D eigenvalue weighted by Crippen LogP contribution is 2.31. The van der Waals surface area contributed by atoms with Gasteiger partial charge in [0.05, 0.1) is 6.61 Å². The number of rotatable bonds is 5. The van der Waals surface area contributed by atoms with E-state index in [1.54, 1.807) is 13.0 Å². The minimum absolute atomic E-state index is 0.264. The molecule has 2 atom stereocenters. The molecule has 0 aliphatic rings. The van der Waals surface area contributed by atoms with Crippen LogP contribution in [0.4, 0.5) is 0 Å². The highest BCUT2D eigenvalue weighted by Gasteiger charge is 2.18. The third kappa shape index (κ3) is 4.00. The minimum Gasteiger partial charge on any atom is -0.575 e. The molecule has 0 bridgehead atoms. The van der Waals surface area contributed by atoms with Gasteiger partial charge in [-0.3, -0.25) is 4.52 Å². The van der Waals surface area contributed by atoms with Gasteiger partial charge >= 0.3 is 14.1 Å². The van der Waals surface area contributed by atoms with Gasteiger partial charge in [-0.05, 0) is 25.3 Å². The summed E-state index contributed by atoms with van der Waals surface area (Å²) in [5, 5.41) is 1.83. The highest BCUT2D eigenvalue weighted by atomic mass is 31.1. The number of esters is 1. The molecule has 0 aromatic heterocycles. The molecule has 5 nitrogen and oxygen atoms in total. The van der Waals surface area contributed by atoms with Crippen LogP contribution < -0.4 is 9.42 Å². The number of nitrogens with zero attached hydrogens (tertiary/aromatic N) is 1. The molecule has 0 fully saturated rings. The SMILES string of the molecule is CCOC(=O)[C@H](C)N=[P+]([O-])Oc1cccc2ccccc12. The van der Waals surface area contributed by atoms with Gasteiger partial charge in [-0.25, -0.2) is 4.79 Å². The Morgan fingerprint density at radius 1 is 1.29 bits per heavy atom. The molecule has 0 N–H and O–H groups in total. The van der Waals surface area contributed by atoms with E-state index >= 15 is 0 Å². The number of carbonyl (C=O) groups excluding carboxylic acids is 1. The molecule has 0 spiro atoms. The monoisotopic (exact) mass is 305 g/mol. The van der Waals surface area contributed by atoms with Crippen molar-refractivity contribution in [3.8, 4) is 5.75 Å². The summed E-state index contributed by atoms with van der Waals surface area (Å²) in [6.07, 6.45) is 0. The van der Waals surface area contributed by atoms with Gasteiger partial charge in [-0.1, -0.05) is 41.1 Å². The third-order valence-corrected chi connectivity index (χ3v) is 3.71. The Hall–Kier alpha value is -1.97. The second-order valence-electron chi connectivity index (χ2n) is 4.35. The standard InChI is InChI=1S/C15H16NO4P/c1-3-19-15(17)11(2)16-21(18)20-14-10-6-8-12-7-4-5-9-13(12)14/h4-11H,3H2,1-2H3/t11-/m0/s1. The quantitative estimate of drug-likeness (QED) is 0.629. The van der Waals surface area contributed by atoms with Crippen LogP contribution in [0.15, 0.2) is 47.2 Å². The number of ether oxygens (including phenoxy) is 1. The van der Waals surface area contributed by atoms with Gasteiger partial charge in [0.25, 0.3) is 0 Å². The van der Waals surface area contributed by atoms with Crippen molar-refractivity contribution in [1.29, 1.82) is 0 Å². The molecular weight excluding hydrogens is 289 g/mol. The number of fused-ring (bicyclic) bond motifs is 1. The van der Waals surface area contributed by atoms with Crippen LogP contribution in [0.25, 0.3) is 10.8 Å². The van der Waals surface area contributed by atoms with Gasteiger partial charge < -0.3 is 9.63 Å². The topological polar surface area (TPSA) is 71.0 Å². The maximum absolute atomic E-state index is 11.9. The van der Waals surface area contributed by atoms with Crippen LogP contribution in [-0.4, -0.2) is 18.6 Å². The summed E-state index contributed by atoms with van der Waals surface area (Å²) in [7, 11) is -2.34. The number of hydrogen-bond acceptors (Lipinski definition) is 5. The molecule has 21 heavy (non-hydrogen) atoms. The lowest BCUT2D eigenvalue weighted by Crippen LogP contribution is -2.18. The first-order valence-electron chi connectivity index (χ1n) is 6.62. The summed E-state index contributed by atoms with van der Waals surface area (Å²) in [6, 6.07) is 12.3. The molecule has 0 saturated heterocycles. The third-order valence-electron chi connectivity index (χ3n) is 2.82. The lowest BCUT2D eigenvalue weighted by atomic mass is 10.1. The Morgan fingerprint density at radius 2 is 2.00 bits per heavy atom. The van der Waals surface area contributed by atoms with Crippen molar-refractivity contribution in [3.63, 3.8) is 0 Å². The van der Waals surface area contributed by atoms with E-state index in [4.69, 9.17) is 9.26 Å². The van der Waals surface area contributed by atoms with Gasteiger partial charge in [0.15, 0.2) is 11.8 Å². The average Bonchev–Trinajstić information content (AvgIpc) is 2.47. The van der Waals surface area contributed by atoms with Crippen molar-refractivity contribution in [1.82, 2.24) is 0 Å². The molecule has 2 aromatic rings. The van der Waals surface area contributed by atoms with Gasteiger partial charge in [0.2, 0.25) is 0 Å². The van der Waals surface area contributed by atoms with E-state index in [-0.39, 0.29) is 6.61 Å². The van der Waals surface area contributed by atoms with E-state index in [0.717, 1.165) is 10.8 Å². The van der Waals surface area contributed by atoms with Crippen molar-refractivity contribution < 1.29 is 18.9 Å². The molecule has 2 rings (SSSR count). The van der Waals surface area contributed by atoms with Crippen molar-refractivity contribution in [2.45, 2.75) is 19.9 Å². The first-order valence-corrected chi connectivity index (χ1v) is 7.75. The molecule has 0 heterocycles. The van der Waals surface area contributed by atoms with Crippen LogP contribution in [0.5, 0.6) is 5.75 Å². The summed E-state index contributed by atoms with van der Waals surface area (Å²) in [6.45, 7) is 3.49. The molecule has 1 unspecified atom stereocenters. The van der Waals surface area contributed by atoms with Gasteiger partial charge in [0.1, 0.15) is 0 Å². The normalized spacial score (nSPS) is 13.0. The fraction of sp³-hybridized carbons (Fsp3) is 0.267. The lowest BCUT2D eigenvalue weighted by Gasteiger charge is -2.05. The maximum atomic E-state index is 11.9. The molecule has 0 amide bonds. The fourth-order valence-electron chi connectivity index (χ4n) is 1.83. The maximum Gasteiger partial charge on any atom is 0.395 e. The largest absolute Gasteiger partial charge is 0.575 e. The van der Waals surface area contributed by atoms with Crippen molar-refractivity contribution >= 4 is 24.9 Å². The van der Waals surface area contributed by atoms with Crippen molar-refractivity contribution in [2.75, 3.05) is 6.61 Å². The minimum atomic E-state index is -2.34. The number of carbonyl (C=O) groups is 1. The lowest BCUT2D eigenvalue weighted by molar-refractivity contribution is -0.169. The van der Waals surface area contributed by atoms with Crippen LogP contribution in [0.2, 0.25) is 0 Å². The number of benzene rings is 2. The van der Waals surface area contributed by atoms with E-state index in [9.17, 15) is 9.69 Å². The Labute approximate surface area is 124 Å². The first kappa shape index (κ1) is 15.4. The highest BCUT2D eigenvalue weighted by molar-refractivity contribution is 7.34. The van der Waals surface area contributed by atoms with E-state index in [0.29, 0.717) is 5.75 Å². The smallest absolute Gasteiger partial charge is 0.395 e. The second kappa shape index (κ2) is 7.16. The molecule has 0 aliphatic heterocycles. The van der Waals surface area contributed by atoms with Crippen LogP contribution >= 0.6 is 8.17 Å². The average molecular weight is 305 g/mol. The predicted molar refractivity (Wildman–Crippen MR) is 80.0 cm³/mol. The molecule has 110 valence electrons. The van der Waals surface area contributed by atoms with E-state index in [1.165, 1.54) is 6.92 Å². The van der Waals surface area contributed by atoms with E-state index in [2.05, 4.69) is 4.74 Å². The van der Waals surface area contributed by atoms with Crippen LogP contribution in [-0.2, 0) is 9.53 Å². The van der Waals surface area contributed by atoms with E-state index in [1.807, 2.05) is 36.4 Å². The zero-order chi connectivity index (χ0) is 15.2. The Morgan fingerprint density at radius 3 is 2.76 bits per heavy atom. The van der Waals surface area contributed by atoms with Gasteiger partial charge in [-0.15, -0.1) is 0 Å². The van der Waals surface area contributed by atoms with Crippen molar-refractivity contribution in [3.05, 3.63) is 42.5 Å². The Balaban J connectivity index is 2.18. The molecular formula is C15H16NO4P. The van der Waals surface area contributed by atoms with Gasteiger partial charge in [0, 0.05) is 5.39 Å². The summed E-state index contributed by atoms with van der Waals surface area (Å²) in [5.41, 5.74) is 0. The van der Waals surface area contributed by atoms with Crippen LogP contribution in [0, 0.1) is 0 Å². The predicted octanol–water partition coefficient (Wildman–Crippen LogP) is 3.03. The molecule has 0 radical (unpaired) electrons. The zero-order valence-corrected chi connectivity index (χ0v) is 12.7.